The van der Waals surface area contributed by atoms with Gasteiger partial charge in [0.1, 0.15) is 12.3 Å². The topological polar surface area (TPSA) is 54.0 Å². The van der Waals surface area contributed by atoms with E-state index in [0.29, 0.717) is 15.9 Å². The molecule has 0 bridgehead atoms. The highest BCUT2D eigenvalue weighted by Gasteiger charge is 2.21. The fraction of sp³-hybridized carbons (Fsp3) is 0.385. The number of H-pyrrole nitrogens is 1. The second kappa shape index (κ2) is 5.89. The average Bonchev–Trinajstić information content (AvgIpc) is 2.96. The maximum absolute atomic E-state index is 6.05. The fourth-order valence-corrected chi connectivity index (χ4v) is 2.62. The number of aromatic amines is 1. The van der Waals surface area contributed by atoms with E-state index >= 15 is 0 Å². The SMILES string of the molecule is Clc1ccc(N2CCC(Oc3cn[nH]n3)CC2)cc1Cl. The molecule has 3 rings (SSSR count). The molecule has 1 aliphatic rings. The molecule has 1 saturated heterocycles. The molecule has 1 N–H and O–H groups in total. The monoisotopic (exact) mass is 312 g/mol. The van der Waals surface area contributed by atoms with E-state index in [-0.39, 0.29) is 6.10 Å². The van der Waals surface area contributed by atoms with Gasteiger partial charge >= 0.3 is 0 Å². The van der Waals surface area contributed by atoms with Crippen LogP contribution in [0.25, 0.3) is 0 Å². The van der Waals surface area contributed by atoms with Gasteiger partial charge in [0.25, 0.3) is 5.88 Å². The lowest BCUT2D eigenvalue weighted by molar-refractivity contribution is 0.164. The Morgan fingerprint density at radius 3 is 2.65 bits per heavy atom. The van der Waals surface area contributed by atoms with Crippen LogP contribution in [-0.4, -0.2) is 34.6 Å². The van der Waals surface area contributed by atoms with Crippen LogP contribution in [0.3, 0.4) is 0 Å². The maximum atomic E-state index is 6.05. The Morgan fingerprint density at radius 2 is 2.00 bits per heavy atom. The summed E-state index contributed by atoms with van der Waals surface area (Å²) in [5, 5.41) is 11.3. The lowest BCUT2D eigenvalue weighted by Crippen LogP contribution is -2.38. The molecule has 7 heteroatoms. The quantitative estimate of drug-likeness (QED) is 0.946. The molecule has 0 aliphatic carbocycles. The smallest absolute Gasteiger partial charge is 0.253 e. The molecule has 5 nitrogen and oxygen atoms in total. The van der Waals surface area contributed by atoms with E-state index in [2.05, 4.69) is 20.3 Å². The van der Waals surface area contributed by atoms with Crippen LogP contribution in [0.5, 0.6) is 5.88 Å². The number of anilines is 1. The first-order chi connectivity index (χ1) is 9.72. The Kier molecular flexibility index (Phi) is 3.98. The highest BCUT2D eigenvalue weighted by Crippen LogP contribution is 2.29. The van der Waals surface area contributed by atoms with E-state index in [4.69, 9.17) is 27.9 Å². The van der Waals surface area contributed by atoms with Crippen LogP contribution >= 0.6 is 23.2 Å². The molecule has 0 unspecified atom stereocenters. The summed E-state index contributed by atoms with van der Waals surface area (Å²) in [6, 6.07) is 5.73. The number of nitrogens with zero attached hydrogens (tertiary/aromatic N) is 3. The van der Waals surface area contributed by atoms with Gasteiger partial charge in [-0.05, 0) is 18.2 Å². The molecular formula is C13H14Cl2N4O. The molecule has 1 aromatic carbocycles. The Labute approximate surface area is 126 Å². The summed E-state index contributed by atoms with van der Waals surface area (Å²) in [6.45, 7) is 1.83. The molecule has 1 aliphatic heterocycles. The number of benzene rings is 1. The van der Waals surface area contributed by atoms with E-state index in [0.717, 1.165) is 31.6 Å². The first-order valence-electron chi connectivity index (χ1n) is 6.45. The van der Waals surface area contributed by atoms with E-state index in [1.807, 2.05) is 18.2 Å². The van der Waals surface area contributed by atoms with Gasteiger partial charge in [-0.1, -0.05) is 23.2 Å². The molecule has 0 spiro atoms. The molecular weight excluding hydrogens is 299 g/mol. The van der Waals surface area contributed by atoms with Crippen molar-refractivity contribution in [2.75, 3.05) is 18.0 Å². The van der Waals surface area contributed by atoms with Gasteiger partial charge in [0.15, 0.2) is 0 Å². The van der Waals surface area contributed by atoms with Crippen molar-refractivity contribution in [3.05, 3.63) is 34.4 Å². The largest absolute Gasteiger partial charge is 0.472 e. The highest BCUT2D eigenvalue weighted by molar-refractivity contribution is 6.42. The third kappa shape index (κ3) is 2.99. The van der Waals surface area contributed by atoms with Crippen LogP contribution in [0.15, 0.2) is 24.4 Å². The van der Waals surface area contributed by atoms with Crippen molar-refractivity contribution in [3.63, 3.8) is 0 Å². The number of ether oxygens (including phenoxy) is 1. The number of hydrogen-bond donors (Lipinski definition) is 1. The van der Waals surface area contributed by atoms with Crippen molar-refractivity contribution >= 4 is 28.9 Å². The normalized spacial score (nSPS) is 16.4. The predicted octanol–water partition coefficient (Wildman–Crippen LogP) is 3.16. The molecule has 2 heterocycles. The molecule has 106 valence electrons. The van der Waals surface area contributed by atoms with Crippen LogP contribution in [-0.2, 0) is 0 Å². The summed E-state index contributed by atoms with van der Waals surface area (Å²) < 4.78 is 5.74. The second-order valence-corrected chi connectivity index (χ2v) is 5.53. The average molecular weight is 313 g/mol. The molecule has 0 saturated carbocycles. The molecule has 1 fully saturated rings. The number of aromatic nitrogens is 3. The summed E-state index contributed by atoms with van der Waals surface area (Å²) in [5.41, 5.74) is 1.10. The lowest BCUT2D eigenvalue weighted by Gasteiger charge is -2.33. The zero-order chi connectivity index (χ0) is 13.9. The van der Waals surface area contributed by atoms with Gasteiger partial charge in [-0.25, -0.2) is 0 Å². The van der Waals surface area contributed by atoms with E-state index in [1.54, 1.807) is 6.20 Å². The van der Waals surface area contributed by atoms with Crippen molar-refractivity contribution in [1.29, 1.82) is 0 Å². The summed E-state index contributed by atoms with van der Waals surface area (Å²) in [7, 11) is 0. The summed E-state index contributed by atoms with van der Waals surface area (Å²) in [6.07, 6.45) is 3.64. The van der Waals surface area contributed by atoms with Gasteiger partial charge in [-0.15, -0.1) is 5.10 Å². The number of nitrogens with one attached hydrogen (secondary N) is 1. The van der Waals surface area contributed by atoms with E-state index < -0.39 is 0 Å². The van der Waals surface area contributed by atoms with Crippen molar-refractivity contribution in [2.45, 2.75) is 18.9 Å². The van der Waals surface area contributed by atoms with Gasteiger partial charge < -0.3 is 9.64 Å². The van der Waals surface area contributed by atoms with Crippen molar-refractivity contribution in [2.24, 2.45) is 0 Å². The van der Waals surface area contributed by atoms with Gasteiger partial charge in [0.05, 0.1) is 10.0 Å². The number of halogens is 2. The molecule has 0 radical (unpaired) electrons. The Balaban J connectivity index is 1.59. The van der Waals surface area contributed by atoms with E-state index in [1.165, 1.54) is 0 Å². The van der Waals surface area contributed by atoms with Crippen LogP contribution in [0, 0.1) is 0 Å². The summed E-state index contributed by atoms with van der Waals surface area (Å²) >= 11 is 12.0. The summed E-state index contributed by atoms with van der Waals surface area (Å²) in [4.78, 5) is 2.28. The van der Waals surface area contributed by atoms with Crippen LogP contribution in [0.1, 0.15) is 12.8 Å². The zero-order valence-electron chi connectivity index (χ0n) is 10.7. The predicted molar refractivity (Wildman–Crippen MR) is 78.7 cm³/mol. The van der Waals surface area contributed by atoms with Crippen molar-refractivity contribution in [3.8, 4) is 5.88 Å². The third-order valence-electron chi connectivity index (χ3n) is 3.39. The van der Waals surface area contributed by atoms with Gasteiger partial charge in [-0.3, -0.25) is 0 Å². The molecule has 0 amide bonds. The number of rotatable bonds is 3. The van der Waals surface area contributed by atoms with E-state index in [9.17, 15) is 0 Å². The summed E-state index contributed by atoms with van der Waals surface area (Å²) in [5.74, 6) is 0.554. The third-order valence-corrected chi connectivity index (χ3v) is 4.13. The minimum atomic E-state index is 0.180. The minimum absolute atomic E-state index is 0.180. The first-order valence-corrected chi connectivity index (χ1v) is 7.20. The standard InChI is InChI=1S/C13H14Cl2N4O/c14-11-2-1-9(7-12(11)15)19-5-3-10(4-6-19)20-13-8-16-18-17-13/h1-2,7-8,10H,3-6H2,(H,16,17,18). The van der Waals surface area contributed by atoms with Gasteiger partial charge in [-0.2, -0.15) is 10.3 Å². The van der Waals surface area contributed by atoms with Gasteiger partial charge in [0, 0.05) is 31.6 Å². The maximum Gasteiger partial charge on any atom is 0.253 e. The lowest BCUT2D eigenvalue weighted by atomic mass is 10.1. The Hall–Kier alpha value is -1.46. The Bertz CT molecular complexity index is 568. The zero-order valence-corrected chi connectivity index (χ0v) is 12.2. The van der Waals surface area contributed by atoms with Crippen LogP contribution in [0.4, 0.5) is 5.69 Å². The van der Waals surface area contributed by atoms with Gasteiger partial charge in [0.2, 0.25) is 0 Å². The second-order valence-electron chi connectivity index (χ2n) is 4.71. The molecule has 1 aromatic heterocycles. The number of hydrogen-bond acceptors (Lipinski definition) is 4. The van der Waals surface area contributed by atoms with Crippen molar-refractivity contribution < 1.29 is 4.74 Å². The molecule has 20 heavy (non-hydrogen) atoms. The van der Waals surface area contributed by atoms with Crippen LogP contribution in [0.2, 0.25) is 10.0 Å². The Morgan fingerprint density at radius 1 is 1.20 bits per heavy atom. The fourth-order valence-electron chi connectivity index (χ4n) is 2.33. The van der Waals surface area contributed by atoms with Crippen molar-refractivity contribution in [1.82, 2.24) is 15.4 Å². The molecule has 0 atom stereocenters. The highest BCUT2D eigenvalue weighted by atomic mass is 35.5. The molecule has 2 aromatic rings. The first kappa shape index (κ1) is 13.5. The minimum Gasteiger partial charge on any atom is -0.472 e. The van der Waals surface area contributed by atoms with Crippen LogP contribution < -0.4 is 9.64 Å². The number of piperidine rings is 1.